The van der Waals surface area contributed by atoms with Crippen molar-refractivity contribution in [1.82, 2.24) is 4.90 Å². The van der Waals surface area contributed by atoms with Crippen molar-refractivity contribution in [2.24, 2.45) is 0 Å². The molecule has 2 aliphatic rings. The van der Waals surface area contributed by atoms with Gasteiger partial charge in [-0.3, -0.25) is 4.79 Å². The van der Waals surface area contributed by atoms with Crippen molar-refractivity contribution in [2.75, 3.05) is 12.3 Å². The number of carbonyl (C=O) groups is 1. The van der Waals surface area contributed by atoms with Crippen LogP contribution in [0.1, 0.15) is 19.8 Å². The average molecular weight is 157 g/mol. The topological polar surface area (TPSA) is 20.3 Å². The van der Waals surface area contributed by atoms with Gasteiger partial charge in [-0.2, -0.15) is 0 Å². The van der Waals surface area contributed by atoms with Crippen LogP contribution in [0.15, 0.2) is 0 Å². The van der Waals surface area contributed by atoms with Crippen LogP contribution in [0.25, 0.3) is 0 Å². The van der Waals surface area contributed by atoms with Gasteiger partial charge in [0.05, 0.1) is 4.87 Å². The van der Waals surface area contributed by atoms with E-state index < -0.39 is 0 Å². The Balaban J connectivity index is 2.10. The van der Waals surface area contributed by atoms with Gasteiger partial charge in [0.2, 0.25) is 5.91 Å². The lowest BCUT2D eigenvalue weighted by Gasteiger charge is -2.21. The minimum Gasteiger partial charge on any atom is -0.327 e. The van der Waals surface area contributed by atoms with E-state index in [4.69, 9.17) is 0 Å². The Kier molecular flexibility index (Phi) is 1.24. The van der Waals surface area contributed by atoms with Crippen LogP contribution in [0.4, 0.5) is 0 Å². The first-order valence-electron chi connectivity index (χ1n) is 3.67. The van der Waals surface area contributed by atoms with Gasteiger partial charge in [0, 0.05) is 18.7 Å². The van der Waals surface area contributed by atoms with E-state index in [0.717, 1.165) is 25.1 Å². The van der Waals surface area contributed by atoms with Gasteiger partial charge in [-0.25, -0.2) is 0 Å². The van der Waals surface area contributed by atoms with Crippen molar-refractivity contribution in [3.05, 3.63) is 0 Å². The van der Waals surface area contributed by atoms with Crippen LogP contribution in [-0.2, 0) is 4.79 Å². The van der Waals surface area contributed by atoms with E-state index in [-0.39, 0.29) is 4.87 Å². The van der Waals surface area contributed by atoms with Gasteiger partial charge in [0.25, 0.3) is 0 Å². The zero-order valence-corrected chi connectivity index (χ0v) is 6.91. The first-order valence-corrected chi connectivity index (χ1v) is 4.65. The summed E-state index contributed by atoms with van der Waals surface area (Å²) in [4.78, 5) is 13.4. The van der Waals surface area contributed by atoms with Crippen LogP contribution >= 0.6 is 11.8 Å². The molecule has 0 spiro atoms. The van der Waals surface area contributed by atoms with Gasteiger partial charge in [0.1, 0.15) is 0 Å². The minimum atomic E-state index is 0.202. The summed E-state index contributed by atoms with van der Waals surface area (Å²) >= 11 is 1.88. The monoisotopic (exact) mass is 157 g/mol. The quantitative estimate of drug-likeness (QED) is 0.531. The fourth-order valence-corrected chi connectivity index (χ4v) is 2.12. The predicted octanol–water partition coefficient (Wildman–Crippen LogP) is 1.07. The van der Waals surface area contributed by atoms with Crippen LogP contribution in [0.3, 0.4) is 0 Å². The molecule has 2 aliphatic heterocycles. The standard InChI is InChI=1S/C7H11NOS/c1-7(5-10-7)8-4-2-3-6(8)9/h2-5H2,1H3. The van der Waals surface area contributed by atoms with E-state index in [1.165, 1.54) is 0 Å². The van der Waals surface area contributed by atoms with E-state index in [9.17, 15) is 4.79 Å². The van der Waals surface area contributed by atoms with Gasteiger partial charge < -0.3 is 4.90 Å². The van der Waals surface area contributed by atoms with Gasteiger partial charge in [0.15, 0.2) is 0 Å². The third-order valence-corrected chi connectivity index (χ3v) is 3.55. The number of amides is 1. The summed E-state index contributed by atoms with van der Waals surface area (Å²) in [5.74, 6) is 1.49. The lowest BCUT2D eigenvalue weighted by atomic mass is 10.3. The molecule has 56 valence electrons. The number of nitrogens with zero attached hydrogens (tertiary/aromatic N) is 1. The molecule has 0 saturated carbocycles. The molecule has 2 nitrogen and oxygen atoms in total. The molecule has 3 heteroatoms. The molecule has 0 radical (unpaired) electrons. The molecule has 2 fully saturated rings. The summed E-state index contributed by atoms with van der Waals surface area (Å²) in [5.41, 5.74) is 0. The third-order valence-electron chi connectivity index (χ3n) is 2.21. The third kappa shape index (κ3) is 0.839. The van der Waals surface area contributed by atoms with Crippen molar-refractivity contribution >= 4 is 17.7 Å². The Bertz CT molecular complexity index is 176. The molecule has 0 aliphatic carbocycles. The van der Waals surface area contributed by atoms with E-state index in [2.05, 4.69) is 6.92 Å². The number of likely N-dealkylation sites (tertiary alicyclic amines) is 1. The maximum absolute atomic E-state index is 11.2. The molecule has 1 amide bonds. The highest BCUT2D eigenvalue weighted by molar-refractivity contribution is 8.07. The van der Waals surface area contributed by atoms with Gasteiger partial charge in [-0.05, 0) is 13.3 Å². The lowest BCUT2D eigenvalue weighted by Crippen LogP contribution is -2.35. The second-order valence-electron chi connectivity index (χ2n) is 3.11. The minimum absolute atomic E-state index is 0.202. The molecule has 2 saturated heterocycles. The van der Waals surface area contributed by atoms with Crippen molar-refractivity contribution in [1.29, 1.82) is 0 Å². The maximum Gasteiger partial charge on any atom is 0.223 e. The van der Waals surface area contributed by atoms with Gasteiger partial charge in [-0.15, -0.1) is 11.8 Å². The molecular weight excluding hydrogens is 146 g/mol. The summed E-state index contributed by atoms with van der Waals surface area (Å²) in [7, 11) is 0. The molecule has 2 rings (SSSR count). The van der Waals surface area contributed by atoms with Crippen molar-refractivity contribution < 1.29 is 4.79 Å². The number of hydrogen-bond acceptors (Lipinski definition) is 2. The highest BCUT2D eigenvalue weighted by Gasteiger charge is 2.48. The molecule has 1 unspecified atom stereocenters. The number of carbonyl (C=O) groups excluding carboxylic acids is 1. The van der Waals surface area contributed by atoms with E-state index in [1.807, 2.05) is 16.7 Å². The summed E-state index contributed by atoms with van der Waals surface area (Å²) < 4.78 is 0. The maximum atomic E-state index is 11.2. The lowest BCUT2D eigenvalue weighted by molar-refractivity contribution is -0.129. The second kappa shape index (κ2) is 1.91. The van der Waals surface area contributed by atoms with Crippen LogP contribution in [0, 0.1) is 0 Å². The van der Waals surface area contributed by atoms with Crippen LogP contribution in [0.5, 0.6) is 0 Å². The molecule has 1 atom stereocenters. The number of rotatable bonds is 1. The smallest absolute Gasteiger partial charge is 0.223 e. The van der Waals surface area contributed by atoms with Crippen LogP contribution in [-0.4, -0.2) is 28.0 Å². The molecule has 2 heterocycles. The van der Waals surface area contributed by atoms with E-state index in [1.54, 1.807) is 0 Å². The van der Waals surface area contributed by atoms with Gasteiger partial charge >= 0.3 is 0 Å². The fraction of sp³-hybridized carbons (Fsp3) is 0.857. The zero-order valence-electron chi connectivity index (χ0n) is 6.09. The molecule has 0 bridgehead atoms. The Hall–Kier alpha value is -0.180. The van der Waals surface area contributed by atoms with Crippen molar-refractivity contribution in [3.63, 3.8) is 0 Å². The largest absolute Gasteiger partial charge is 0.327 e. The summed E-state index contributed by atoms with van der Waals surface area (Å²) in [5, 5.41) is 0. The van der Waals surface area contributed by atoms with Crippen LogP contribution in [0.2, 0.25) is 0 Å². The van der Waals surface area contributed by atoms with Gasteiger partial charge in [-0.1, -0.05) is 0 Å². The average Bonchev–Trinajstić information content (AvgIpc) is 2.44. The number of hydrogen-bond donors (Lipinski definition) is 0. The Morgan fingerprint density at radius 1 is 1.70 bits per heavy atom. The Morgan fingerprint density at radius 2 is 2.40 bits per heavy atom. The highest BCUT2D eigenvalue weighted by Crippen LogP contribution is 2.48. The van der Waals surface area contributed by atoms with Crippen molar-refractivity contribution in [3.8, 4) is 0 Å². The number of thioether (sulfide) groups is 1. The van der Waals surface area contributed by atoms with E-state index >= 15 is 0 Å². The molecule has 0 aromatic heterocycles. The molecular formula is C7H11NOS. The molecule has 10 heavy (non-hydrogen) atoms. The first kappa shape index (κ1) is 6.53. The Morgan fingerprint density at radius 3 is 2.80 bits per heavy atom. The first-order chi connectivity index (χ1) is 4.72. The molecule has 0 aromatic rings. The zero-order chi connectivity index (χ0) is 7.19. The summed E-state index contributed by atoms with van der Waals surface area (Å²) in [6.45, 7) is 3.14. The van der Waals surface area contributed by atoms with Crippen LogP contribution < -0.4 is 0 Å². The fourth-order valence-electron chi connectivity index (χ4n) is 1.41. The molecule has 0 N–H and O–H groups in total. The van der Waals surface area contributed by atoms with E-state index in [0.29, 0.717) is 5.91 Å². The Labute approximate surface area is 65.0 Å². The second-order valence-corrected chi connectivity index (χ2v) is 4.57. The predicted molar refractivity (Wildman–Crippen MR) is 41.8 cm³/mol. The normalized spacial score (nSPS) is 38.9. The SMILES string of the molecule is CC1(N2CCCC2=O)CS1. The molecule has 0 aromatic carbocycles. The summed E-state index contributed by atoms with van der Waals surface area (Å²) in [6.07, 6.45) is 1.84. The highest BCUT2D eigenvalue weighted by atomic mass is 32.2. The van der Waals surface area contributed by atoms with Crippen molar-refractivity contribution in [2.45, 2.75) is 24.6 Å². The summed E-state index contributed by atoms with van der Waals surface area (Å²) in [6, 6.07) is 0.